The van der Waals surface area contributed by atoms with E-state index in [1.54, 1.807) is 25.5 Å². The van der Waals surface area contributed by atoms with Crippen molar-refractivity contribution in [3.8, 4) is 5.75 Å². The molecule has 2 aromatic rings. The molecule has 0 spiro atoms. The number of hydrogen-bond donors (Lipinski definition) is 2. The summed E-state index contributed by atoms with van der Waals surface area (Å²) in [6, 6.07) is 6.26. The van der Waals surface area contributed by atoms with Gasteiger partial charge in [0.2, 0.25) is 0 Å². The van der Waals surface area contributed by atoms with Gasteiger partial charge in [-0.3, -0.25) is 4.99 Å². The number of nitrogens with one attached hydrogen (secondary N) is 2. The van der Waals surface area contributed by atoms with Gasteiger partial charge in [-0.2, -0.15) is 0 Å². The van der Waals surface area contributed by atoms with E-state index in [-0.39, 0.29) is 6.04 Å². The summed E-state index contributed by atoms with van der Waals surface area (Å²) >= 11 is 1.69. The van der Waals surface area contributed by atoms with Crippen molar-refractivity contribution in [3.63, 3.8) is 0 Å². The maximum atomic E-state index is 5.46. The van der Waals surface area contributed by atoms with Crippen molar-refractivity contribution < 1.29 is 4.74 Å². The highest BCUT2D eigenvalue weighted by atomic mass is 32.1. The van der Waals surface area contributed by atoms with Crippen LogP contribution in [0.1, 0.15) is 34.0 Å². The Morgan fingerprint density at radius 1 is 1.39 bits per heavy atom. The molecule has 0 aliphatic rings. The number of aliphatic imine (C=N–C) groups is 1. The van der Waals surface area contributed by atoms with Crippen molar-refractivity contribution >= 4 is 17.3 Å². The second-order valence-corrected chi connectivity index (χ2v) is 6.72. The molecule has 0 amide bonds. The number of thiazole rings is 1. The Kier molecular flexibility index (Phi) is 5.98. The molecule has 1 aromatic heterocycles. The zero-order valence-electron chi connectivity index (χ0n) is 14.3. The zero-order chi connectivity index (χ0) is 16.8. The second kappa shape index (κ2) is 7.97. The van der Waals surface area contributed by atoms with Gasteiger partial charge in [-0.05, 0) is 26.8 Å². The Balaban J connectivity index is 2.02. The van der Waals surface area contributed by atoms with Gasteiger partial charge >= 0.3 is 0 Å². The van der Waals surface area contributed by atoms with Crippen LogP contribution < -0.4 is 15.4 Å². The van der Waals surface area contributed by atoms with Crippen LogP contribution in [-0.4, -0.2) is 25.1 Å². The number of nitrogens with zero attached hydrogens (tertiary/aromatic N) is 2. The number of aryl methyl sites for hydroxylation is 2. The first-order valence-corrected chi connectivity index (χ1v) is 8.38. The number of guanidine groups is 1. The Morgan fingerprint density at radius 2 is 2.17 bits per heavy atom. The van der Waals surface area contributed by atoms with Crippen LogP contribution in [0, 0.1) is 13.8 Å². The van der Waals surface area contributed by atoms with E-state index in [1.807, 2.05) is 18.3 Å². The molecule has 1 atom stereocenters. The predicted octanol–water partition coefficient (Wildman–Crippen LogP) is 3.19. The smallest absolute Gasteiger partial charge is 0.191 e. The summed E-state index contributed by atoms with van der Waals surface area (Å²) in [5, 5.41) is 7.74. The first-order chi connectivity index (χ1) is 11.0. The molecule has 0 aliphatic heterocycles. The molecule has 23 heavy (non-hydrogen) atoms. The van der Waals surface area contributed by atoms with E-state index in [9.17, 15) is 0 Å². The molecule has 5 nitrogen and oxygen atoms in total. The van der Waals surface area contributed by atoms with Gasteiger partial charge in [0.05, 0.1) is 19.7 Å². The largest absolute Gasteiger partial charge is 0.496 e. The monoisotopic (exact) mass is 332 g/mol. The third-order valence-corrected chi connectivity index (χ3v) is 4.42. The summed E-state index contributed by atoms with van der Waals surface area (Å²) < 4.78 is 5.46. The first-order valence-electron chi connectivity index (χ1n) is 7.56. The van der Waals surface area contributed by atoms with E-state index in [1.165, 1.54) is 10.4 Å². The lowest BCUT2D eigenvalue weighted by atomic mass is 10.0. The predicted molar refractivity (Wildman–Crippen MR) is 96.3 cm³/mol. The van der Waals surface area contributed by atoms with Crippen LogP contribution in [0.5, 0.6) is 5.75 Å². The maximum Gasteiger partial charge on any atom is 0.191 e. The van der Waals surface area contributed by atoms with Crippen LogP contribution in [0.2, 0.25) is 0 Å². The number of methoxy groups -OCH3 is 1. The molecule has 1 aromatic carbocycles. The van der Waals surface area contributed by atoms with Crippen LogP contribution in [0.15, 0.2) is 29.4 Å². The molecule has 0 radical (unpaired) electrons. The van der Waals surface area contributed by atoms with E-state index in [0.29, 0.717) is 6.54 Å². The minimum atomic E-state index is 0.0779. The minimum Gasteiger partial charge on any atom is -0.496 e. The molecule has 0 saturated carbocycles. The van der Waals surface area contributed by atoms with E-state index in [2.05, 4.69) is 47.4 Å². The molecule has 2 rings (SSSR count). The summed E-state index contributed by atoms with van der Waals surface area (Å²) in [6.07, 6.45) is 1.89. The maximum absolute atomic E-state index is 5.46. The number of hydrogen-bond acceptors (Lipinski definition) is 4. The molecule has 1 heterocycles. The summed E-state index contributed by atoms with van der Waals surface area (Å²) in [5.41, 5.74) is 2.32. The van der Waals surface area contributed by atoms with Crippen molar-refractivity contribution in [3.05, 3.63) is 45.4 Å². The SMILES string of the molecule is CN=C(NCc1ncc(C)s1)NC(C)c1cc(C)ccc1OC. The van der Waals surface area contributed by atoms with Gasteiger partial charge in [0, 0.05) is 23.7 Å². The molecule has 0 bridgehead atoms. The summed E-state index contributed by atoms with van der Waals surface area (Å²) in [6.45, 7) is 6.89. The fourth-order valence-corrected chi connectivity index (χ4v) is 3.04. The lowest BCUT2D eigenvalue weighted by Gasteiger charge is -2.20. The van der Waals surface area contributed by atoms with Gasteiger partial charge in [0.15, 0.2) is 5.96 Å². The molecule has 0 saturated heterocycles. The quantitative estimate of drug-likeness (QED) is 0.652. The summed E-state index contributed by atoms with van der Waals surface area (Å²) in [5.74, 6) is 1.62. The van der Waals surface area contributed by atoms with Gasteiger partial charge < -0.3 is 15.4 Å². The minimum absolute atomic E-state index is 0.0779. The molecule has 124 valence electrons. The third-order valence-electron chi connectivity index (χ3n) is 3.50. The van der Waals surface area contributed by atoms with Crippen LogP contribution in [0.3, 0.4) is 0 Å². The fourth-order valence-electron chi connectivity index (χ4n) is 2.31. The van der Waals surface area contributed by atoms with Crippen LogP contribution in [0.4, 0.5) is 0 Å². The van der Waals surface area contributed by atoms with E-state index in [0.717, 1.165) is 22.3 Å². The highest BCUT2D eigenvalue weighted by Gasteiger charge is 2.13. The Morgan fingerprint density at radius 3 is 2.78 bits per heavy atom. The fraction of sp³-hybridized carbons (Fsp3) is 0.412. The molecular formula is C17H24N4OS. The van der Waals surface area contributed by atoms with Crippen molar-refractivity contribution in [2.75, 3.05) is 14.2 Å². The highest BCUT2D eigenvalue weighted by molar-refractivity contribution is 7.11. The second-order valence-electron chi connectivity index (χ2n) is 5.40. The number of aromatic nitrogens is 1. The lowest BCUT2D eigenvalue weighted by molar-refractivity contribution is 0.405. The van der Waals surface area contributed by atoms with Crippen molar-refractivity contribution in [2.24, 2.45) is 4.99 Å². The lowest BCUT2D eigenvalue weighted by Crippen LogP contribution is -2.38. The van der Waals surface area contributed by atoms with E-state index < -0.39 is 0 Å². The normalized spacial score (nSPS) is 12.8. The van der Waals surface area contributed by atoms with Crippen LogP contribution >= 0.6 is 11.3 Å². The Bertz CT molecular complexity index is 681. The van der Waals surface area contributed by atoms with Crippen molar-refractivity contribution in [1.29, 1.82) is 0 Å². The third kappa shape index (κ3) is 4.69. The Hall–Kier alpha value is -2.08. The van der Waals surface area contributed by atoms with Gasteiger partial charge in [-0.15, -0.1) is 11.3 Å². The van der Waals surface area contributed by atoms with Crippen molar-refractivity contribution in [1.82, 2.24) is 15.6 Å². The van der Waals surface area contributed by atoms with Gasteiger partial charge in [-0.1, -0.05) is 17.7 Å². The average molecular weight is 332 g/mol. The molecule has 0 fully saturated rings. The van der Waals surface area contributed by atoms with Gasteiger partial charge in [0.25, 0.3) is 0 Å². The van der Waals surface area contributed by atoms with Crippen LogP contribution in [-0.2, 0) is 6.54 Å². The molecule has 2 N–H and O–H groups in total. The van der Waals surface area contributed by atoms with E-state index in [4.69, 9.17) is 4.74 Å². The van der Waals surface area contributed by atoms with Gasteiger partial charge in [-0.25, -0.2) is 4.98 Å². The Labute approximate surface area is 141 Å². The summed E-state index contributed by atoms with van der Waals surface area (Å²) in [4.78, 5) is 9.85. The molecule has 1 unspecified atom stereocenters. The number of rotatable bonds is 5. The first kappa shape index (κ1) is 17.3. The van der Waals surface area contributed by atoms with Gasteiger partial charge in [0.1, 0.15) is 10.8 Å². The topological polar surface area (TPSA) is 58.5 Å². The standard InChI is InChI=1S/C17H24N4OS/c1-11-6-7-15(22-5)14(8-11)13(3)21-17(18-4)20-10-16-19-9-12(2)23-16/h6-9,13H,10H2,1-5H3,(H2,18,20,21). The average Bonchev–Trinajstić information content (AvgIpc) is 2.96. The molecule has 6 heteroatoms. The zero-order valence-corrected chi connectivity index (χ0v) is 15.1. The van der Waals surface area contributed by atoms with Crippen LogP contribution in [0.25, 0.3) is 0 Å². The number of ether oxygens (including phenoxy) is 1. The summed E-state index contributed by atoms with van der Waals surface area (Å²) in [7, 11) is 3.46. The molecule has 0 aliphatic carbocycles. The highest BCUT2D eigenvalue weighted by Crippen LogP contribution is 2.25. The number of benzene rings is 1. The van der Waals surface area contributed by atoms with E-state index >= 15 is 0 Å². The van der Waals surface area contributed by atoms with Crippen molar-refractivity contribution in [2.45, 2.75) is 33.4 Å². The molecular weight excluding hydrogens is 308 g/mol.